The monoisotopic (exact) mass is 342 g/mol. The first-order valence-corrected chi connectivity index (χ1v) is 8.44. The van der Waals surface area contributed by atoms with Crippen molar-refractivity contribution >= 4 is 34.8 Å². The summed E-state index contributed by atoms with van der Waals surface area (Å²) in [4.78, 5) is 23.7. The summed E-state index contributed by atoms with van der Waals surface area (Å²) >= 11 is 6.09. The van der Waals surface area contributed by atoms with Gasteiger partial charge >= 0.3 is 0 Å². The molecule has 0 atom stereocenters. The molecule has 1 aliphatic carbocycles. The number of halogens is 1. The number of nitrogens with one attached hydrogen (secondary N) is 2. The van der Waals surface area contributed by atoms with Gasteiger partial charge in [-0.1, -0.05) is 29.8 Å². The first-order valence-electron chi connectivity index (χ1n) is 8.06. The van der Waals surface area contributed by atoms with Crippen molar-refractivity contribution in [2.75, 3.05) is 10.6 Å². The number of carbonyl (C=O) groups is 2. The summed E-state index contributed by atoms with van der Waals surface area (Å²) in [7, 11) is 0. The highest BCUT2D eigenvalue weighted by Gasteiger charge is 2.29. The Hall–Kier alpha value is -2.33. The molecule has 1 fully saturated rings. The van der Waals surface area contributed by atoms with Gasteiger partial charge in [-0.15, -0.1) is 0 Å². The molecule has 0 unspecified atom stereocenters. The van der Waals surface area contributed by atoms with Crippen molar-refractivity contribution in [2.45, 2.75) is 25.7 Å². The molecule has 0 spiro atoms. The molecule has 1 saturated carbocycles. The molecular weight excluding hydrogens is 324 g/mol. The van der Waals surface area contributed by atoms with Crippen LogP contribution < -0.4 is 10.6 Å². The molecule has 3 rings (SSSR count). The molecule has 0 aromatic heterocycles. The van der Waals surface area contributed by atoms with Gasteiger partial charge in [0.1, 0.15) is 0 Å². The number of hydrogen-bond acceptors (Lipinski definition) is 2. The van der Waals surface area contributed by atoms with E-state index in [9.17, 15) is 9.59 Å². The van der Waals surface area contributed by atoms with Crippen LogP contribution in [0.25, 0.3) is 0 Å². The zero-order chi connectivity index (χ0) is 16.9. The first-order chi connectivity index (χ1) is 11.6. The van der Waals surface area contributed by atoms with Crippen LogP contribution in [0.15, 0.2) is 48.5 Å². The van der Waals surface area contributed by atoms with E-state index in [-0.39, 0.29) is 17.7 Å². The largest absolute Gasteiger partial charge is 0.326 e. The zero-order valence-electron chi connectivity index (χ0n) is 13.2. The maximum Gasteiger partial charge on any atom is 0.227 e. The third-order valence-electron chi connectivity index (χ3n) is 3.96. The number of rotatable bonds is 6. The van der Waals surface area contributed by atoms with E-state index in [1.165, 1.54) is 0 Å². The summed E-state index contributed by atoms with van der Waals surface area (Å²) in [6.07, 6.45) is 2.92. The maximum atomic E-state index is 12.0. The lowest BCUT2D eigenvalue weighted by Crippen LogP contribution is -2.14. The molecule has 0 saturated heterocycles. The number of hydrogen-bond donors (Lipinski definition) is 2. The minimum absolute atomic E-state index is 0.0651. The van der Waals surface area contributed by atoms with Gasteiger partial charge in [0.25, 0.3) is 0 Å². The van der Waals surface area contributed by atoms with E-state index >= 15 is 0 Å². The van der Waals surface area contributed by atoms with E-state index in [2.05, 4.69) is 10.6 Å². The van der Waals surface area contributed by atoms with Gasteiger partial charge in [0.05, 0.1) is 0 Å². The van der Waals surface area contributed by atoms with Crippen LogP contribution in [0.2, 0.25) is 5.02 Å². The Morgan fingerprint density at radius 1 is 0.958 bits per heavy atom. The van der Waals surface area contributed by atoms with Gasteiger partial charge in [-0.2, -0.15) is 0 Å². The molecule has 1 aliphatic rings. The smallest absolute Gasteiger partial charge is 0.227 e. The average molecular weight is 343 g/mol. The molecule has 5 heteroatoms. The van der Waals surface area contributed by atoms with Crippen LogP contribution in [0, 0.1) is 5.92 Å². The lowest BCUT2D eigenvalue weighted by atomic mass is 10.1. The molecule has 0 aliphatic heterocycles. The topological polar surface area (TPSA) is 58.2 Å². The van der Waals surface area contributed by atoms with Crippen molar-refractivity contribution < 1.29 is 9.59 Å². The molecule has 24 heavy (non-hydrogen) atoms. The number of carbonyl (C=O) groups excluding carboxylic acids is 2. The average Bonchev–Trinajstić information content (AvgIpc) is 3.41. The first kappa shape index (κ1) is 16.5. The van der Waals surface area contributed by atoms with E-state index in [0.717, 1.165) is 24.1 Å². The number of anilines is 2. The van der Waals surface area contributed by atoms with E-state index in [1.54, 1.807) is 24.3 Å². The Bertz CT molecular complexity index is 739. The highest BCUT2D eigenvalue weighted by molar-refractivity contribution is 6.31. The predicted octanol–water partition coefficient (Wildman–Crippen LogP) is 4.26. The van der Waals surface area contributed by atoms with Crippen LogP contribution >= 0.6 is 11.6 Å². The van der Waals surface area contributed by atoms with Crippen LogP contribution in [0.4, 0.5) is 11.4 Å². The number of benzene rings is 2. The van der Waals surface area contributed by atoms with Crippen LogP contribution in [0.1, 0.15) is 24.8 Å². The quantitative estimate of drug-likeness (QED) is 0.824. The maximum absolute atomic E-state index is 12.0. The minimum Gasteiger partial charge on any atom is -0.326 e. The SMILES string of the molecule is O=C(CCc1ccccc1Cl)Nc1ccc(NC(=O)C2CC2)cc1. The van der Waals surface area contributed by atoms with Gasteiger partial charge < -0.3 is 10.6 Å². The van der Waals surface area contributed by atoms with Gasteiger partial charge in [0, 0.05) is 28.7 Å². The molecule has 2 N–H and O–H groups in total. The van der Waals surface area contributed by atoms with Gasteiger partial charge in [-0.25, -0.2) is 0 Å². The molecular formula is C19H19ClN2O2. The molecule has 0 heterocycles. The van der Waals surface area contributed by atoms with Gasteiger partial charge in [-0.05, 0) is 55.2 Å². The summed E-state index contributed by atoms with van der Waals surface area (Å²) in [5, 5.41) is 6.41. The predicted molar refractivity (Wildman–Crippen MR) is 96.2 cm³/mol. The molecule has 4 nitrogen and oxygen atoms in total. The molecule has 2 amide bonds. The summed E-state index contributed by atoms with van der Waals surface area (Å²) in [6.45, 7) is 0. The van der Waals surface area contributed by atoms with Crippen LogP contribution in [-0.2, 0) is 16.0 Å². The molecule has 0 bridgehead atoms. The molecule has 0 radical (unpaired) electrons. The zero-order valence-corrected chi connectivity index (χ0v) is 14.0. The summed E-state index contributed by atoms with van der Waals surface area (Å²) in [6, 6.07) is 14.7. The van der Waals surface area contributed by atoms with E-state index < -0.39 is 0 Å². The fourth-order valence-electron chi connectivity index (χ4n) is 2.40. The van der Waals surface area contributed by atoms with Crippen LogP contribution in [0.5, 0.6) is 0 Å². The van der Waals surface area contributed by atoms with Crippen molar-refractivity contribution in [1.29, 1.82) is 0 Å². The Balaban J connectivity index is 1.49. The summed E-state index contributed by atoms with van der Waals surface area (Å²) in [5.41, 5.74) is 2.43. The third-order valence-corrected chi connectivity index (χ3v) is 4.33. The molecule has 124 valence electrons. The van der Waals surface area contributed by atoms with Gasteiger partial charge in [-0.3, -0.25) is 9.59 Å². The van der Waals surface area contributed by atoms with Crippen molar-refractivity contribution in [1.82, 2.24) is 0 Å². The number of aryl methyl sites for hydroxylation is 1. The van der Waals surface area contributed by atoms with E-state index in [4.69, 9.17) is 11.6 Å². The fourth-order valence-corrected chi connectivity index (χ4v) is 2.63. The van der Waals surface area contributed by atoms with Crippen LogP contribution in [0.3, 0.4) is 0 Å². The minimum atomic E-state index is -0.0651. The summed E-state index contributed by atoms with van der Waals surface area (Å²) < 4.78 is 0. The lowest BCUT2D eigenvalue weighted by molar-refractivity contribution is -0.117. The second kappa shape index (κ2) is 7.49. The van der Waals surface area contributed by atoms with Crippen molar-refractivity contribution in [3.63, 3.8) is 0 Å². The van der Waals surface area contributed by atoms with Crippen molar-refractivity contribution in [3.8, 4) is 0 Å². The molecule has 2 aromatic carbocycles. The number of amides is 2. The third kappa shape index (κ3) is 4.59. The highest BCUT2D eigenvalue weighted by Crippen LogP contribution is 2.30. The highest BCUT2D eigenvalue weighted by atomic mass is 35.5. The van der Waals surface area contributed by atoms with Crippen molar-refractivity contribution in [3.05, 3.63) is 59.1 Å². The van der Waals surface area contributed by atoms with Crippen LogP contribution in [-0.4, -0.2) is 11.8 Å². The Labute approximate surface area is 146 Å². The Morgan fingerprint density at radius 3 is 2.21 bits per heavy atom. The molecule has 2 aromatic rings. The second-order valence-electron chi connectivity index (χ2n) is 5.98. The van der Waals surface area contributed by atoms with Crippen molar-refractivity contribution in [2.24, 2.45) is 5.92 Å². The normalized spacial score (nSPS) is 13.4. The van der Waals surface area contributed by atoms with Gasteiger partial charge in [0.2, 0.25) is 11.8 Å². The fraction of sp³-hybridized carbons (Fsp3) is 0.263. The summed E-state index contributed by atoms with van der Waals surface area (Å²) in [5.74, 6) is 0.186. The van der Waals surface area contributed by atoms with E-state index in [0.29, 0.717) is 23.6 Å². The standard InChI is InChI=1S/C19H19ClN2O2/c20-17-4-2-1-3-13(17)7-12-18(23)21-15-8-10-16(11-9-15)22-19(24)14-5-6-14/h1-4,8-11,14H,5-7,12H2,(H,21,23)(H,22,24). The lowest BCUT2D eigenvalue weighted by Gasteiger charge is -2.08. The van der Waals surface area contributed by atoms with E-state index in [1.807, 2.05) is 24.3 Å². The Morgan fingerprint density at radius 2 is 1.58 bits per heavy atom. The second-order valence-corrected chi connectivity index (χ2v) is 6.39. The Kier molecular flexibility index (Phi) is 5.16. The van der Waals surface area contributed by atoms with Gasteiger partial charge in [0.15, 0.2) is 0 Å².